The number of nitrogens with one attached hydrogen (secondary N) is 1. The molecule has 0 amide bonds. The molecule has 2 fully saturated rings. The second-order valence-electron chi connectivity index (χ2n) is 4.07. The molecule has 0 saturated carbocycles. The van der Waals surface area contributed by atoms with Gasteiger partial charge in [-0.15, -0.1) is 0 Å². The van der Waals surface area contributed by atoms with Crippen LogP contribution in [0.1, 0.15) is 19.3 Å². The Bertz CT molecular complexity index is 214. The van der Waals surface area contributed by atoms with Crippen molar-refractivity contribution in [2.24, 2.45) is 0 Å². The fraction of sp³-hybridized carbons (Fsp3) is 0.818. The van der Waals surface area contributed by atoms with Crippen LogP contribution in [0.25, 0.3) is 0 Å². The molecule has 0 aromatic heterocycles. The van der Waals surface area contributed by atoms with Crippen molar-refractivity contribution in [2.45, 2.75) is 25.3 Å². The smallest absolute Gasteiger partial charge is 0.202 e. The fourth-order valence-electron chi connectivity index (χ4n) is 1.79. The molecule has 2 heterocycles. The van der Waals surface area contributed by atoms with Crippen LogP contribution in [-0.4, -0.2) is 54.1 Å². The summed E-state index contributed by atoms with van der Waals surface area (Å²) in [5.74, 6) is 1.25. The first-order valence-corrected chi connectivity index (χ1v) is 7.01. The van der Waals surface area contributed by atoms with Gasteiger partial charge in [-0.25, -0.2) is 0 Å². The zero-order valence-corrected chi connectivity index (χ0v) is 10.7. The van der Waals surface area contributed by atoms with Crippen LogP contribution in [0.4, 0.5) is 0 Å². The van der Waals surface area contributed by atoms with E-state index in [2.05, 4.69) is 10.2 Å². The number of β-amino-alcohol motifs (C(OH)–C–C–N with tert-alkyl or cyclic N) is 1. The summed E-state index contributed by atoms with van der Waals surface area (Å²) >= 11 is 1.45. The maximum absolute atomic E-state index is 9.98. The number of carbonyl (C=O) groups is 1. The van der Waals surface area contributed by atoms with Crippen LogP contribution in [0.2, 0.25) is 0 Å². The standard InChI is InChI=1S/C7H15NO.C4H5NO2S/c9-7-6-8-4-2-1-3-5-8;6-4(7)3-1-8-2-5-3/h9H,1-7H2;1,3,5H,2H2. The monoisotopic (exact) mass is 260 g/mol. The number of piperidine rings is 1. The normalized spacial score (nSPS) is 24.6. The molecule has 1 unspecified atom stereocenters. The molecule has 98 valence electrons. The van der Waals surface area contributed by atoms with Gasteiger partial charge in [0.05, 0.1) is 24.2 Å². The lowest BCUT2D eigenvalue weighted by atomic mass is 10.1. The van der Waals surface area contributed by atoms with E-state index in [0.29, 0.717) is 12.5 Å². The minimum atomic E-state index is -1.05. The molecule has 0 aliphatic carbocycles. The van der Waals surface area contributed by atoms with Crippen molar-refractivity contribution in [1.82, 2.24) is 10.2 Å². The summed E-state index contributed by atoms with van der Waals surface area (Å²) in [5.41, 5.74) is 0. The van der Waals surface area contributed by atoms with Crippen LogP contribution in [0.15, 0.2) is 0 Å². The first-order valence-electron chi connectivity index (χ1n) is 5.96. The lowest BCUT2D eigenvalue weighted by molar-refractivity contribution is -0.306. The van der Waals surface area contributed by atoms with Crippen LogP contribution in [0.5, 0.6) is 0 Å². The van der Waals surface area contributed by atoms with Gasteiger partial charge in [-0.1, -0.05) is 6.42 Å². The molecular formula is C11H20N2O3S. The van der Waals surface area contributed by atoms with Crippen LogP contribution in [0.3, 0.4) is 0 Å². The number of carbonyl (C=O) groups excluding carboxylic acids is 1. The largest absolute Gasteiger partial charge is 0.544 e. The molecule has 2 aliphatic rings. The van der Waals surface area contributed by atoms with Crippen LogP contribution in [0, 0.1) is 5.75 Å². The number of likely N-dealkylation sites (tertiary alicyclic amines) is 1. The number of aliphatic hydroxyl groups excluding tert-OH is 1. The van der Waals surface area contributed by atoms with E-state index in [-0.39, 0.29) is 0 Å². The van der Waals surface area contributed by atoms with Crippen molar-refractivity contribution in [2.75, 3.05) is 32.1 Å². The summed E-state index contributed by atoms with van der Waals surface area (Å²) in [6.07, 6.45) is 4.02. The molecular weight excluding hydrogens is 240 g/mol. The molecule has 17 heavy (non-hydrogen) atoms. The summed E-state index contributed by atoms with van der Waals surface area (Å²) in [4.78, 5) is 12.3. The number of aliphatic carboxylic acids is 1. The summed E-state index contributed by atoms with van der Waals surface area (Å²) in [6, 6.07) is -0.542. The average molecular weight is 260 g/mol. The first kappa shape index (κ1) is 14.6. The molecule has 2 aliphatic heterocycles. The number of nitrogens with zero attached hydrogens (tertiary/aromatic N) is 1. The van der Waals surface area contributed by atoms with Crippen molar-refractivity contribution < 1.29 is 15.0 Å². The lowest BCUT2D eigenvalue weighted by Crippen LogP contribution is -2.41. The predicted octanol–water partition coefficient (Wildman–Crippen LogP) is -0.975. The van der Waals surface area contributed by atoms with E-state index in [4.69, 9.17) is 5.11 Å². The molecule has 1 atom stereocenters. The SMILES string of the molecule is O=C([O-])C1[CH+]SCN1.OCCN1CCCCC1. The first-order chi connectivity index (χ1) is 8.24. The van der Waals surface area contributed by atoms with Gasteiger partial charge in [0.2, 0.25) is 6.04 Å². The van der Waals surface area contributed by atoms with E-state index in [1.54, 1.807) is 5.75 Å². The topological polar surface area (TPSA) is 75.6 Å². The van der Waals surface area contributed by atoms with Gasteiger partial charge in [0.15, 0.2) is 5.75 Å². The van der Waals surface area contributed by atoms with E-state index in [1.807, 2.05) is 0 Å². The summed E-state index contributed by atoms with van der Waals surface area (Å²) < 4.78 is 0. The average Bonchev–Trinajstić information content (AvgIpc) is 2.85. The third-order valence-corrected chi connectivity index (χ3v) is 3.54. The van der Waals surface area contributed by atoms with Crippen LogP contribution in [-0.2, 0) is 4.79 Å². The van der Waals surface area contributed by atoms with E-state index in [1.165, 1.54) is 44.1 Å². The van der Waals surface area contributed by atoms with Crippen LogP contribution >= 0.6 is 11.8 Å². The van der Waals surface area contributed by atoms with Gasteiger partial charge in [0.25, 0.3) is 0 Å². The molecule has 0 radical (unpaired) electrons. The van der Waals surface area contributed by atoms with E-state index in [9.17, 15) is 9.90 Å². The van der Waals surface area contributed by atoms with Gasteiger partial charge in [0, 0.05) is 6.54 Å². The molecule has 2 saturated heterocycles. The third-order valence-electron chi connectivity index (χ3n) is 2.74. The number of carboxylic acids is 1. The van der Waals surface area contributed by atoms with Crippen molar-refractivity contribution in [3.8, 4) is 0 Å². The van der Waals surface area contributed by atoms with Crippen molar-refractivity contribution >= 4 is 17.7 Å². The lowest BCUT2D eigenvalue weighted by Gasteiger charge is -2.25. The quantitative estimate of drug-likeness (QED) is 0.636. The number of hydrogen-bond donors (Lipinski definition) is 2. The zero-order valence-electron chi connectivity index (χ0n) is 9.93. The van der Waals surface area contributed by atoms with E-state index < -0.39 is 12.0 Å². The van der Waals surface area contributed by atoms with Gasteiger partial charge in [-0.05, 0) is 25.9 Å². The molecule has 6 heteroatoms. The molecule has 5 nitrogen and oxygen atoms in total. The molecule has 0 aromatic carbocycles. The number of thioether (sulfide) groups is 1. The van der Waals surface area contributed by atoms with Gasteiger partial charge < -0.3 is 19.9 Å². The number of carboxylic acid groups (broad SMARTS) is 1. The molecule has 2 rings (SSSR count). The Morgan fingerprint density at radius 3 is 2.59 bits per heavy atom. The molecule has 0 aromatic rings. The third kappa shape index (κ3) is 6.16. The Balaban J connectivity index is 0.000000171. The zero-order chi connectivity index (χ0) is 12.5. The summed E-state index contributed by atoms with van der Waals surface area (Å²) in [6.45, 7) is 3.58. The molecule has 0 bridgehead atoms. The number of hydrogen-bond acceptors (Lipinski definition) is 6. The fourth-order valence-corrected chi connectivity index (χ4v) is 2.57. The highest BCUT2D eigenvalue weighted by Crippen LogP contribution is 2.13. The summed E-state index contributed by atoms with van der Waals surface area (Å²) in [5, 5.41) is 21.3. The Morgan fingerprint density at radius 2 is 2.18 bits per heavy atom. The van der Waals surface area contributed by atoms with Gasteiger partial charge in [-0.3, -0.25) is 5.32 Å². The Kier molecular flexibility index (Phi) is 7.43. The van der Waals surface area contributed by atoms with Crippen LogP contribution < -0.4 is 10.4 Å². The maximum Gasteiger partial charge on any atom is 0.202 e. The Morgan fingerprint density at radius 1 is 1.47 bits per heavy atom. The second kappa shape index (κ2) is 8.63. The Labute approximate surface area is 107 Å². The number of aliphatic hydroxyl groups is 1. The minimum Gasteiger partial charge on any atom is -0.544 e. The number of rotatable bonds is 3. The van der Waals surface area contributed by atoms with Gasteiger partial charge >= 0.3 is 0 Å². The van der Waals surface area contributed by atoms with Crippen molar-refractivity contribution in [1.29, 1.82) is 0 Å². The second-order valence-corrected chi connectivity index (χ2v) is 4.97. The van der Waals surface area contributed by atoms with Crippen molar-refractivity contribution in [3.63, 3.8) is 0 Å². The van der Waals surface area contributed by atoms with Crippen molar-refractivity contribution in [3.05, 3.63) is 5.75 Å². The predicted molar refractivity (Wildman–Crippen MR) is 66.1 cm³/mol. The molecule has 0 spiro atoms. The van der Waals surface area contributed by atoms with Gasteiger partial charge in [-0.2, -0.15) is 0 Å². The highest BCUT2D eigenvalue weighted by Gasteiger charge is 2.25. The highest BCUT2D eigenvalue weighted by atomic mass is 32.2. The molecule has 2 N–H and O–H groups in total. The van der Waals surface area contributed by atoms with Gasteiger partial charge in [0.1, 0.15) is 5.97 Å². The van der Waals surface area contributed by atoms with E-state index >= 15 is 0 Å². The summed E-state index contributed by atoms with van der Waals surface area (Å²) in [7, 11) is 0. The minimum absolute atomic E-state index is 0.319. The van der Waals surface area contributed by atoms with E-state index in [0.717, 1.165) is 6.54 Å². The highest BCUT2D eigenvalue weighted by molar-refractivity contribution is 8.01. The maximum atomic E-state index is 9.98. The Hall–Kier alpha value is -0.430.